The Labute approximate surface area is 184 Å². The molecule has 7 nitrogen and oxygen atoms in total. The van der Waals surface area contributed by atoms with E-state index in [-0.39, 0.29) is 5.56 Å². The fraction of sp³-hybridized carbons (Fsp3) is 0.208. The molecule has 0 saturated heterocycles. The molecule has 0 fully saturated rings. The Bertz CT molecular complexity index is 1330. The van der Waals surface area contributed by atoms with Gasteiger partial charge < -0.3 is 16.4 Å². The second-order valence-corrected chi connectivity index (χ2v) is 7.93. The lowest BCUT2D eigenvalue weighted by molar-refractivity contribution is 0.100. The highest BCUT2D eigenvalue weighted by molar-refractivity contribution is 6.06. The summed E-state index contributed by atoms with van der Waals surface area (Å²) in [5, 5.41) is 7.41. The van der Waals surface area contributed by atoms with Crippen molar-refractivity contribution >= 4 is 28.3 Å². The number of nitrogens with one attached hydrogen (secondary N) is 2. The van der Waals surface area contributed by atoms with Crippen LogP contribution in [0.25, 0.3) is 16.9 Å². The summed E-state index contributed by atoms with van der Waals surface area (Å²) in [4.78, 5) is 21.5. The predicted molar refractivity (Wildman–Crippen MR) is 123 cm³/mol. The lowest BCUT2D eigenvalue weighted by atomic mass is 10.1. The van der Waals surface area contributed by atoms with Crippen molar-refractivity contribution in [2.75, 3.05) is 17.2 Å². The van der Waals surface area contributed by atoms with E-state index in [4.69, 9.17) is 15.7 Å². The lowest BCUT2D eigenvalue weighted by Gasteiger charge is -2.22. The van der Waals surface area contributed by atoms with Crippen LogP contribution in [0.1, 0.15) is 33.7 Å². The highest BCUT2D eigenvalue weighted by Crippen LogP contribution is 2.32. The molecule has 0 atom stereocenters. The van der Waals surface area contributed by atoms with E-state index in [1.807, 2.05) is 43.3 Å². The third-order valence-corrected chi connectivity index (χ3v) is 5.70. The van der Waals surface area contributed by atoms with E-state index in [2.05, 4.69) is 10.6 Å². The molecular formula is C24H23FN6O. The molecular weight excluding hydrogens is 407 g/mol. The summed E-state index contributed by atoms with van der Waals surface area (Å²) in [6.45, 7) is 3.34. The normalized spacial score (nSPS) is 12.9. The number of hydrogen-bond acceptors (Lipinski definition) is 5. The summed E-state index contributed by atoms with van der Waals surface area (Å²) in [6.07, 6.45) is 1.78. The molecule has 0 saturated carbocycles. The van der Waals surface area contributed by atoms with Gasteiger partial charge in [-0.1, -0.05) is 30.3 Å². The summed E-state index contributed by atoms with van der Waals surface area (Å²) in [7, 11) is 0. The molecule has 5 rings (SSSR count). The molecule has 4 N–H and O–H groups in total. The van der Waals surface area contributed by atoms with Gasteiger partial charge in [0.25, 0.3) is 0 Å². The van der Waals surface area contributed by atoms with Crippen LogP contribution in [0.2, 0.25) is 0 Å². The van der Waals surface area contributed by atoms with Crippen LogP contribution in [-0.2, 0) is 13.0 Å². The van der Waals surface area contributed by atoms with Gasteiger partial charge in [0, 0.05) is 24.2 Å². The molecule has 1 aliphatic heterocycles. The Hall–Kier alpha value is -3.94. The average molecular weight is 430 g/mol. The quantitative estimate of drug-likeness (QED) is 0.446. The summed E-state index contributed by atoms with van der Waals surface area (Å²) < 4.78 is 16.1. The Morgan fingerprint density at radius 2 is 2.03 bits per heavy atom. The zero-order valence-corrected chi connectivity index (χ0v) is 17.7. The number of benzene rings is 2. The maximum absolute atomic E-state index is 14.3. The number of fused-ring (bicyclic) bond motifs is 2. The first-order valence-electron chi connectivity index (χ1n) is 10.6. The molecule has 2 aromatic carbocycles. The number of rotatable bonds is 5. The molecule has 3 heterocycles. The van der Waals surface area contributed by atoms with Crippen LogP contribution in [0.5, 0.6) is 0 Å². The Balaban J connectivity index is 1.65. The Morgan fingerprint density at radius 3 is 2.81 bits per heavy atom. The van der Waals surface area contributed by atoms with Crippen LogP contribution >= 0.6 is 0 Å². The molecule has 1 aliphatic rings. The molecule has 8 heteroatoms. The van der Waals surface area contributed by atoms with Gasteiger partial charge in [-0.2, -0.15) is 4.98 Å². The number of halogens is 1. The van der Waals surface area contributed by atoms with Crippen molar-refractivity contribution in [3.8, 4) is 5.95 Å². The average Bonchev–Trinajstić information content (AvgIpc) is 3.12. The van der Waals surface area contributed by atoms with Gasteiger partial charge >= 0.3 is 0 Å². The van der Waals surface area contributed by atoms with Gasteiger partial charge in [0.1, 0.15) is 5.82 Å². The van der Waals surface area contributed by atoms with E-state index in [1.54, 1.807) is 4.57 Å². The van der Waals surface area contributed by atoms with Crippen LogP contribution in [0.15, 0.2) is 48.5 Å². The smallest absolute Gasteiger partial charge is 0.249 e. The molecule has 4 aromatic rings. The van der Waals surface area contributed by atoms with Gasteiger partial charge in [-0.25, -0.2) is 9.37 Å². The van der Waals surface area contributed by atoms with E-state index >= 15 is 0 Å². The second-order valence-electron chi connectivity index (χ2n) is 7.93. The maximum atomic E-state index is 14.3. The molecule has 0 aliphatic carbocycles. The number of aryl methyl sites for hydroxylation is 2. The fourth-order valence-corrected chi connectivity index (χ4v) is 4.21. The minimum absolute atomic E-state index is 0.143. The first-order chi connectivity index (χ1) is 15.5. The number of anilines is 2. The number of aromatic nitrogens is 3. The van der Waals surface area contributed by atoms with E-state index in [0.717, 1.165) is 42.0 Å². The van der Waals surface area contributed by atoms with E-state index in [9.17, 15) is 9.18 Å². The van der Waals surface area contributed by atoms with Crippen molar-refractivity contribution in [2.24, 2.45) is 5.73 Å². The van der Waals surface area contributed by atoms with Crippen LogP contribution in [0.3, 0.4) is 0 Å². The van der Waals surface area contributed by atoms with Crippen molar-refractivity contribution < 1.29 is 9.18 Å². The number of carbonyl (C=O) groups is 1. The van der Waals surface area contributed by atoms with Gasteiger partial charge in [0.2, 0.25) is 11.9 Å². The van der Waals surface area contributed by atoms with Gasteiger partial charge in [0.15, 0.2) is 5.82 Å². The number of hydrogen-bond donors (Lipinski definition) is 3. The summed E-state index contributed by atoms with van der Waals surface area (Å²) in [6, 6.07) is 14.4. The Morgan fingerprint density at radius 1 is 1.22 bits per heavy atom. The molecule has 0 spiro atoms. The molecule has 0 radical (unpaired) electrons. The fourth-order valence-electron chi connectivity index (χ4n) is 4.21. The Kier molecular flexibility index (Phi) is 4.97. The minimum Gasteiger partial charge on any atom is -0.381 e. The maximum Gasteiger partial charge on any atom is 0.249 e. The largest absolute Gasteiger partial charge is 0.381 e. The van der Waals surface area contributed by atoms with Gasteiger partial charge in [-0.15, -0.1) is 0 Å². The monoisotopic (exact) mass is 430 g/mol. The van der Waals surface area contributed by atoms with E-state index < -0.39 is 11.7 Å². The molecule has 1 amide bonds. The zero-order valence-electron chi connectivity index (χ0n) is 17.7. The highest BCUT2D eigenvalue weighted by atomic mass is 19.1. The van der Waals surface area contributed by atoms with Crippen molar-refractivity contribution in [3.05, 3.63) is 76.9 Å². The number of nitrogens with two attached hydrogens (primary N) is 1. The van der Waals surface area contributed by atoms with Crippen molar-refractivity contribution in [3.63, 3.8) is 0 Å². The van der Waals surface area contributed by atoms with Crippen LogP contribution in [0.4, 0.5) is 15.9 Å². The first kappa shape index (κ1) is 20.0. The topological polar surface area (TPSA) is 97.9 Å². The van der Waals surface area contributed by atoms with Crippen molar-refractivity contribution in [2.45, 2.75) is 26.3 Å². The number of nitrogens with zero attached hydrogens (tertiary/aromatic N) is 3. The third kappa shape index (κ3) is 3.53. The SMILES string of the molecule is Cc1cc2c(C(N)=O)cc(F)cc2n1-c1nc2c(c(NCc3ccccc3)n1)NCCC2. The predicted octanol–water partition coefficient (Wildman–Crippen LogP) is 3.94. The lowest BCUT2D eigenvalue weighted by Crippen LogP contribution is -2.19. The zero-order chi connectivity index (χ0) is 22.2. The van der Waals surface area contributed by atoms with Gasteiger partial charge in [-0.05, 0) is 43.5 Å². The van der Waals surface area contributed by atoms with Crippen LogP contribution < -0.4 is 16.4 Å². The molecule has 0 bridgehead atoms. The summed E-state index contributed by atoms with van der Waals surface area (Å²) in [5.41, 5.74) is 9.86. The highest BCUT2D eigenvalue weighted by Gasteiger charge is 2.22. The standard InChI is InChI=1S/C24H23FN6O/c1-14-10-17-18(22(26)32)11-16(25)12-20(17)31(14)24-29-19-8-5-9-27-21(19)23(30-24)28-13-15-6-3-2-4-7-15/h2-4,6-7,10-12,27H,5,8-9,13H2,1H3,(H2,26,32)(H,28,29,30). The number of primary amides is 1. The van der Waals surface area contributed by atoms with Crippen LogP contribution in [0, 0.1) is 12.7 Å². The summed E-state index contributed by atoms with van der Waals surface area (Å²) >= 11 is 0. The number of carbonyl (C=O) groups excluding carboxylic acids is 1. The van der Waals surface area contributed by atoms with Crippen LogP contribution in [-0.4, -0.2) is 27.0 Å². The first-order valence-corrected chi connectivity index (χ1v) is 10.6. The molecule has 2 aromatic heterocycles. The molecule has 0 unspecified atom stereocenters. The number of amides is 1. The van der Waals surface area contributed by atoms with Crippen molar-refractivity contribution in [1.29, 1.82) is 0 Å². The molecule has 162 valence electrons. The van der Waals surface area contributed by atoms with Gasteiger partial charge in [-0.3, -0.25) is 9.36 Å². The minimum atomic E-state index is -0.674. The third-order valence-electron chi connectivity index (χ3n) is 5.70. The van der Waals surface area contributed by atoms with Gasteiger partial charge in [0.05, 0.1) is 22.5 Å². The van der Waals surface area contributed by atoms with Crippen molar-refractivity contribution in [1.82, 2.24) is 14.5 Å². The summed E-state index contributed by atoms with van der Waals surface area (Å²) in [5.74, 6) is -0.0852. The van der Waals surface area contributed by atoms with E-state index in [1.165, 1.54) is 12.1 Å². The van der Waals surface area contributed by atoms with E-state index in [0.29, 0.717) is 29.2 Å². The molecule has 32 heavy (non-hydrogen) atoms. The second kappa shape index (κ2) is 7.96.